The molecule has 1 fully saturated rings. The number of aliphatic hydroxyl groups excluding tert-OH is 1. The van der Waals surface area contributed by atoms with E-state index in [9.17, 15) is 18.3 Å². The molecule has 0 bridgehead atoms. The molecule has 0 amide bonds. The molecule has 1 atom stereocenters. The highest BCUT2D eigenvalue weighted by molar-refractivity contribution is 5.84. The van der Waals surface area contributed by atoms with E-state index in [1.54, 1.807) is 0 Å². The minimum Gasteiger partial charge on any atom is -0.490 e. The molecule has 0 saturated heterocycles. The van der Waals surface area contributed by atoms with Gasteiger partial charge in [-0.2, -0.15) is 13.2 Å². The van der Waals surface area contributed by atoms with Gasteiger partial charge in [0.05, 0.1) is 23.8 Å². The van der Waals surface area contributed by atoms with Crippen molar-refractivity contribution in [1.29, 1.82) is 0 Å². The number of hydrogen-bond donors (Lipinski definition) is 2. The van der Waals surface area contributed by atoms with Gasteiger partial charge < -0.3 is 15.6 Å². The van der Waals surface area contributed by atoms with E-state index in [1.165, 1.54) is 19.1 Å². The second kappa shape index (κ2) is 7.96. The molecule has 3 rings (SSSR count). The van der Waals surface area contributed by atoms with Crippen LogP contribution < -0.4 is 10.5 Å². The molecule has 1 aliphatic rings. The van der Waals surface area contributed by atoms with Crippen LogP contribution in [-0.4, -0.2) is 27.8 Å². The lowest BCUT2D eigenvalue weighted by atomic mass is 9.72. The molecule has 1 heterocycles. The van der Waals surface area contributed by atoms with Crippen molar-refractivity contribution in [2.24, 2.45) is 17.1 Å². The van der Waals surface area contributed by atoms with Crippen molar-refractivity contribution >= 4 is 10.9 Å². The zero-order valence-electron chi connectivity index (χ0n) is 17.9. The third-order valence-corrected chi connectivity index (χ3v) is 6.04. The van der Waals surface area contributed by atoms with Gasteiger partial charge in [0.2, 0.25) is 0 Å². The zero-order valence-corrected chi connectivity index (χ0v) is 17.9. The fourth-order valence-electron chi connectivity index (χ4n) is 4.05. The largest absolute Gasteiger partial charge is 0.490 e. The molecule has 1 aromatic carbocycles. The molecule has 30 heavy (non-hydrogen) atoms. The molecule has 5 nitrogen and oxygen atoms in total. The third-order valence-electron chi connectivity index (χ3n) is 6.04. The zero-order chi connectivity index (χ0) is 22.3. The maximum Gasteiger partial charge on any atom is 0.420 e. The molecule has 8 heteroatoms. The first-order valence-corrected chi connectivity index (χ1v) is 10.3. The first-order valence-electron chi connectivity index (χ1n) is 10.3. The van der Waals surface area contributed by atoms with Crippen molar-refractivity contribution in [2.75, 3.05) is 6.61 Å². The monoisotopic (exact) mass is 425 g/mol. The van der Waals surface area contributed by atoms with Gasteiger partial charge in [-0.15, -0.1) is 0 Å². The number of nitrogens with two attached hydrogens (primary N) is 1. The standard InChI is InChI=1S/C22H30F3N3O2/c1-20(2,3)13-5-7-14(8-6-13)30-17-10-9-16-15(18(17)22(23,24)25)11-27-19(28-16)21(4,26)12-29/h9-11,13-14,29H,5-8,12,26H2,1-4H3/t13-,14-,21-/m0/s1. The molecule has 1 saturated carbocycles. The molecule has 1 aromatic heterocycles. The molecular weight excluding hydrogens is 395 g/mol. The molecule has 2 aromatic rings. The Morgan fingerprint density at radius 3 is 2.27 bits per heavy atom. The van der Waals surface area contributed by atoms with Gasteiger partial charge in [-0.3, -0.25) is 0 Å². The van der Waals surface area contributed by atoms with E-state index in [0.717, 1.165) is 31.9 Å². The topological polar surface area (TPSA) is 81.3 Å². The maximum atomic E-state index is 14.0. The van der Waals surface area contributed by atoms with Crippen molar-refractivity contribution in [2.45, 2.75) is 71.2 Å². The van der Waals surface area contributed by atoms with Gasteiger partial charge in [0.1, 0.15) is 11.3 Å². The molecule has 0 unspecified atom stereocenters. The van der Waals surface area contributed by atoms with Crippen LogP contribution in [0.3, 0.4) is 0 Å². The highest BCUT2D eigenvalue weighted by Crippen LogP contribution is 2.43. The van der Waals surface area contributed by atoms with Crippen LogP contribution in [-0.2, 0) is 11.7 Å². The second-order valence-electron chi connectivity index (χ2n) is 9.60. The van der Waals surface area contributed by atoms with E-state index in [0.29, 0.717) is 5.92 Å². The molecule has 3 N–H and O–H groups in total. The smallest absolute Gasteiger partial charge is 0.420 e. The van der Waals surface area contributed by atoms with E-state index < -0.39 is 23.9 Å². The van der Waals surface area contributed by atoms with E-state index in [2.05, 4.69) is 30.7 Å². The predicted octanol–water partition coefficient (Wildman–Crippen LogP) is 4.80. The number of benzene rings is 1. The number of nitrogens with zero attached hydrogens (tertiary/aromatic N) is 2. The van der Waals surface area contributed by atoms with Gasteiger partial charge in [0.15, 0.2) is 5.82 Å². The Hall–Kier alpha value is -1.93. The van der Waals surface area contributed by atoms with Crippen molar-refractivity contribution < 1.29 is 23.0 Å². The minimum absolute atomic E-state index is 0.0831. The summed E-state index contributed by atoms with van der Waals surface area (Å²) in [5.41, 5.74) is 4.11. The number of aliphatic hydroxyl groups is 1. The van der Waals surface area contributed by atoms with Crippen molar-refractivity contribution in [1.82, 2.24) is 9.97 Å². The summed E-state index contributed by atoms with van der Waals surface area (Å²) in [4.78, 5) is 8.16. The lowest BCUT2D eigenvalue weighted by Gasteiger charge is -2.37. The van der Waals surface area contributed by atoms with Crippen LogP contribution in [0.15, 0.2) is 18.3 Å². The minimum atomic E-state index is -4.62. The number of alkyl halides is 3. The van der Waals surface area contributed by atoms with E-state index in [4.69, 9.17) is 10.5 Å². The summed E-state index contributed by atoms with van der Waals surface area (Å²) in [7, 11) is 0. The predicted molar refractivity (Wildman–Crippen MR) is 109 cm³/mol. The first-order chi connectivity index (χ1) is 13.8. The molecule has 0 radical (unpaired) electrons. The quantitative estimate of drug-likeness (QED) is 0.736. The molecule has 0 spiro atoms. The third kappa shape index (κ3) is 4.70. The first kappa shape index (κ1) is 22.7. The molecule has 0 aliphatic heterocycles. The summed E-state index contributed by atoms with van der Waals surface area (Å²) in [5, 5.41) is 9.26. The number of aromatic nitrogens is 2. The van der Waals surface area contributed by atoms with Gasteiger partial charge in [-0.1, -0.05) is 20.8 Å². The SMILES string of the molecule is CC(C)(C)[C@H]1CC[C@H](Oc2ccc3nc([C@@](C)(N)CO)ncc3c2C(F)(F)F)CC1. The van der Waals surface area contributed by atoms with Gasteiger partial charge >= 0.3 is 6.18 Å². The lowest BCUT2D eigenvalue weighted by Crippen LogP contribution is -2.38. The lowest BCUT2D eigenvalue weighted by molar-refractivity contribution is -0.138. The van der Waals surface area contributed by atoms with Crippen LogP contribution in [0.1, 0.15) is 64.8 Å². The Morgan fingerprint density at radius 2 is 1.73 bits per heavy atom. The van der Waals surface area contributed by atoms with Gasteiger partial charge in [-0.05, 0) is 56.1 Å². The average Bonchev–Trinajstić information content (AvgIpc) is 2.66. The molecular formula is C22H30F3N3O2. The van der Waals surface area contributed by atoms with Crippen LogP contribution >= 0.6 is 0 Å². The van der Waals surface area contributed by atoms with Crippen LogP contribution in [0, 0.1) is 11.3 Å². The average molecular weight is 425 g/mol. The number of fused-ring (bicyclic) bond motifs is 1. The van der Waals surface area contributed by atoms with Crippen molar-refractivity contribution in [3.63, 3.8) is 0 Å². The van der Waals surface area contributed by atoms with Gasteiger partial charge in [0.25, 0.3) is 0 Å². The van der Waals surface area contributed by atoms with E-state index in [1.807, 2.05) is 0 Å². The second-order valence-corrected chi connectivity index (χ2v) is 9.60. The summed E-state index contributed by atoms with van der Waals surface area (Å²) in [5.74, 6) is 0.433. The highest BCUT2D eigenvalue weighted by atomic mass is 19.4. The summed E-state index contributed by atoms with van der Waals surface area (Å²) >= 11 is 0. The van der Waals surface area contributed by atoms with E-state index >= 15 is 0 Å². The van der Waals surface area contributed by atoms with Crippen LogP contribution in [0.4, 0.5) is 13.2 Å². The highest BCUT2D eigenvalue weighted by Gasteiger charge is 2.39. The van der Waals surface area contributed by atoms with Gasteiger partial charge in [0, 0.05) is 11.6 Å². The van der Waals surface area contributed by atoms with Crippen molar-refractivity contribution in [3.05, 3.63) is 29.7 Å². The Bertz CT molecular complexity index is 899. The van der Waals surface area contributed by atoms with Crippen molar-refractivity contribution in [3.8, 4) is 5.75 Å². The summed E-state index contributed by atoms with van der Waals surface area (Å²) in [6, 6.07) is 2.81. The number of hydrogen-bond acceptors (Lipinski definition) is 5. The Kier molecular flexibility index (Phi) is 6.04. The summed E-state index contributed by atoms with van der Waals surface area (Å²) < 4.78 is 47.7. The Morgan fingerprint density at radius 1 is 1.10 bits per heavy atom. The Labute approximate surface area is 174 Å². The van der Waals surface area contributed by atoms with Crippen LogP contribution in [0.25, 0.3) is 10.9 Å². The fourth-order valence-corrected chi connectivity index (χ4v) is 4.05. The maximum absolute atomic E-state index is 14.0. The van der Waals surface area contributed by atoms with Gasteiger partial charge in [-0.25, -0.2) is 9.97 Å². The number of ether oxygens (including phenoxy) is 1. The van der Waals surface area contributed by atoms with Crippen LogP contribution in [0.5, 0.6) is 5.75 Å². The molecule has 1 aliphatic carbocycles. The van der Waals surface area contributed by atoms with Crippen LogP contribution in [0.2, 0.25) is 0 Å². The normalized spacial score (nSPS) is 22.7. The Balaban J connectivity index is 1.93. The fraction of sp³-hybridized carbons (Fsp3) is 0.636. The number of halogens is 3. The molecule has 166 valence electrons. The van der Waals surface area contributed by atoms with E-state index in [-0.39, 0.29) is 34.0 Å². The number of rotatable bonds is 4. The summed E-state index contributed by atoms with van der Waals surface area (Å²) in [6.45, 7) is 7.68. The summed E-state index contributed by atoms with van der Waals surface area (Å²) in [6.07, 6.45) is -0.416.